The zero-order valence-corrected chi connectivity index (χ0v) is 13.2. The Bertz CT molecular complexity index is 556. The highest BCUT2D eigenvalue weighted by molar-refractivity contribution is 5.44. The maximum absolute atomic E-state index is 6.03. The maximum atomic E-state index is 6.03. The predicted octanol–water partition coefficient (Wildman–Crippen LogP) is 5.31. The van der Waals surface area contributed by atoms with Crippen LogP contribution in [0.5, 0.6) is 5.75 Å². The lowest BCUT2D eigenvalue weighted by atomic mass is 9.98. The summed E-state index contributed by atoms with van der Waals surface area (Å²) < 4.78 is 6.03. The summed E-state index contributed by atoms with van der Waals surface area (Å²) in [5.74, 6) is 1.58. The summed E-state index contributed by atoms with van der Waals surface area (Å²) in [6.07, 6.45) is 0. The number of aryl methyl sites for hydroxylation is 3. The van der Waals surface area contributed by atoms with Gasteiger partial charge in [0.2, 0.25) is 0 Å². The summed E-state index contributed by atoms with van der Waals surface area (Å²) in [7, 11) is 0. The second kappa shape index (κ2) is 6.13. The van der Waals surface area contributed by atoms with E-state index in [1.807, 2.05) is 0 Å². The van der Waals surface area contributed by atoms with Crippen molar-refractivity contribution in [3.63, 3.8) is 0 Å². The summed E-state index contributed by atoms with van der Waals surface area (Å²) in [5, 5.41) is 0. The minimum Gasteiger partial charge on any atom is -0.488 e. The van der Waals surface area contributed by atoms with Crippen molar-refractivity contribution in [2.24, 2.45) is 0 Å². The van der Waals surface area contributed by atoms with E-state index in [1.165, 1.54) is 27.8 Å². The van der Waals surface area contributed by atoms with Crippen LogP contribution in [-0.2, 0) is 6.61 Å². The van der Waals surface area contributed by atoms with Gasteiger partial charge in [-0.1, -0.05) is 55.8 Å². The van der Waals surface area contributed by atoms with Crippen LogP contribution in [0.4, 0.5) is 0 Å². The molecule has 1 heteroatoms. The molecule has 0 atom stereocenters. The number of ether oxygens (including phenoxy) is 1. The Hall–Kier alpha value is -1.76. The fourth-order valence-electron chi connectivity index (χ4n) is 2.38. The molecule has 2 rings (SSSR count). The van der Waals surface area contributed by atoms with Crippen molar-refractivity contribution in [2.45, 2.75) is 47.1 Å². The van der Waals surface area contributed by atoms with E-state index in [4.69, 9.17) is 4.74 Å². The van der Waals surface area contributed by atoms with Gasteiger partial charge in [-0.05, 0) is 48.9 Å². The van der Waals surface area contributed by atoms with Crippen LogP contribution in [0.3, 0.4) is 0 Å². The molecule has 0 aliphatic rings. The van der Waals surface area contributed by atoms with Crippen LogP contribution < -0.4 is 4.74 Å². The van der Waals surface area contributed by atoms with Gasteiger partial charge in [0.25, 0.3) is 0 Å². The van der Waals surface area contributed by atoms with E-state index in [9.17, 15) is 0 Å². The Morgan fingerprint density at radius 1 is 0.900 bits per heavy atom. The van der Waals surface area contributed by atoms with Gasteiger partial charge >= 0.3 is 0 Å². The average Bonchev–Trinajstić information content (AvgIpc) is 2.39. The molecule has 2 aromatic carbocycles. The third-order valence-corrected chi connectivity index (χ3v) is 3.65. The monoisotopic (exact) mass is 268 g/mol. The van der Waals surface area contributed by atoms with Crippen molar-refractivity contribution in [1.82, 2.24) is 0 Å². The van der Waals surface area contributed by atoms with Crippen molar-refractivity contribution in [3.05, 3.63) is 64.2 Å². The number of hydrogen-bond donors (Lipinski definition) is 0. The predicted molar refractivity (Wildman–Crippen MR) is 85.5 cm³/mol. The van der Waals surface area contributed by atoms with Crippen LogP contribution in [0.15, 0.2) is 36.4 Å². The third-order valence-electron chi connectivity index (χ3n) is 3.65. The van der Waals surface area contributed by atoms with E-state index in [0.29, 0.717) is 12.5 Å². The molecule has 0 saturated heterocycles. The fraction of sp³-hybridized carbons (Fsp3) is 0.368. The van der Waals surface area contributed by atoms with E-state index < -0.39 is 0 Å². The van der Waals surface area contributed by atoms with Crippen molar-refractivity contribution < 1.29 is 4.74 Å². The van der Waals surface area contributed by atoms with Gasteiger partial charge in [-0.2, -0.15) is 0 Å². The van der Waals surface area contributed by atoms with Crippen LogP contribution in [0.2, 0.25) is 0 Å². The van der Waals surface area contributed by atoms with Gasteiger partial charge in [0, 0.05) is 0 Å². The molecule has 2 aromatic rings. The average molecular weight is 268 g/mol. The van der Waals surface area contributed by atoms with E-state index in [2.05, 4.69) is 71.0 Å². The van der Waals surface area contributed by atoms with Crippen molar-refractivity contribution >= 4 is 0 Å². The molecule has 0 fully saturated rings. The zero-order chi connectivity index (χ0) is 14.7. The first-order valence-corrected chi connectivity index (χ1v) is 7.27. The Balaban J connectivity index is 2.15. The first-order chi connectivity index (χ1) is 9.47. The number of rotatable bonds is 4. The Kier molecular flexibility index (Phi) is 4.49. The molecule has 0 unspecified atom stereocenters. The van der Waals surface area contributed by atoms with Crippen LogP contribution in [0, 0.1) is 20.8 Å². The highest BCUT2D eigenvalue weighted by Gasteiger charge is 2.08. The van der Waals surface area contributed by atoms with Gasteiger partial charge in [-0.3, -0.25) is 0 Å². The first-order valence-electron chi connectivity index (χ1n) is 7.27. The molecule has 0 radical (unpaired) electrons. The molecule has 0 saturated carbocycles. The molecule has 0 heterocycles. The highest BCUT2D eigenvalue weighted by atomic mass is 16.5. The Morgan fingerprint density at radius 3 is 1.95 bits per heavy atom. The number of hydrogen-bond acceptors (Lipinski definition) is 1. The minimum atomic E-state index is 0.554. The largest absolute Gasteiger partial charge is 0.488 e. The summed E-state index contributed by atoms with van der Waals surface area (Å²) in [4.78, 5) is 0. The van der Waals surface area contributed by atoms with Crippen LogP contribution in [0.1, 0.15) is 47.6 Å². The summed E-state index contributed by atoms with van der Waals surface area (Å²) >= 11 is 0. The SMILES string of the molecule is Cc1ccc(COc2c(C)cc(C(C)C)cc2C)cc1. The molecule has 0 aliphatic heterocycles. The molecular weight excluding hydrogens is 244 g/mol. The van der Waals surface area contributed by atoms with Crippen LogP contribution in [-0.4, -0.2) is 0 Å². The normalized spacial score (nSPS) is 10.9. The van der Waals surface area contributed by atoms with Gasteiger partial charge in [0.05, 0.1) is 0 Å². The lowest BCUT2D eigenvalue weighted by molar-refractivity contribution is 0.302. The molecule has 0 N–H and O–H groups in total. The van der Waals surface area contributed by atoms with Gasteiger partial charge in [0.1, 0.15) is 12.4 Å². The number of benzene rings is 2. The van der Waals surface area contributed by atoms with Crippen molar-refractivity contribution in [2.75, 3.05) is 0 Å². The van der Waals surface area contributed by atoms with E-state index in [-0.39, 0.29) is 0 Å². The molecule has 1 nitrogen and oxygen atoms in total. The Labute approximate surface area is 122 Å². The summed E-state index contributed by atoms with van der Waals surface area (Å²) in [6, 6.07) is 13.0. The summed E-state index contributed by atoms with van der Waals surface area (Å²) in [5.41, 5.74) is 6.31. The van der Waals surface area contributed by atoms with Crippen molar-refractivity contribution in [3.8, 4) is 5.75 Å². The maximum Gasteiger partial charge on any atom is 0.125 e. The lowest BCUT2D eigenvalue weighted by Gasteiger charge is -2.15. The van der Waals surface area contributed by atoms with Gasteiger partial charge in [-0.15, -0.1) is 0 Å². The van der Waals surface area contributed by atoms with Crippen LogP contribution in [0.25, 0.3) is 0 Å². The molecular formula is C19H24O. The van der Waals surface area contributed by atoms with Gasteiger partial charge in [-0.25, -0.2) is 0 Å². The van der Waals surface area contributed by atoms with E-state index in [1.54, 1.807) is 0 Å². The topological polar surface area (TPSA) is 9.23 Å². The standard InChI is InChI=1S/C19H24O/c1-13(2)18-10-15(4)19(16(5)11-18)20-12-17-8-6-14(3)7-9-17/h6-11,13H,12H2,1-5H3. The quantitative estimate of drug-likeness (QED) is 0.729. The van der Waals surface area contributed by atoms with Crippen molar-refractivity contribution in [1.29, 1.82) is 0 Å². The lowest BCUT2D eigenvalue weighted by Crippen LogP contribution is -2.00. The van der Waals surface area contributed by atoms with Crippen LogP contribution >= 0.6 is 0 Å². The Morgan fingerprint density at radius 2 is 1.45 bits per heavy atom. The second-order valence-corrected chi connectivity index (χ2v) is 5.91. The first kappa shape index (κ1) is 14.6. The van der Waals surface area contributed by atoms with Gasteiger partial charge in [0.15, 0.2) is 0 Å². The fourth-order valence-corrected chi connectivity index (χ4v) is 2.38. The summed E-state index contributed by atoms with van der Waals surface area (Å²) in [6.45, 7) is 11.4. The second-order valence-electron chi connectivity index (χ2n) is 5.91. The molecule has 0 spiro atoms. The van der Waals surface area contributed by atoms with E-state index in [0.717, 1.165) is 5.75 Å². The van der Waals surface area contributed by atoms with E-state index >= 15 is 0 Å². The highest BCUT2D eigenvalue weighted by Crippen LogP contribution is 2.28. The minimum absolute atomic E-state index is 0.554. The molecule has 0 aromatic heterocycles. The molecule has 0 amide bonds. The zero-order valence-electron chi connectivity index (χ0n) is 13.2. The molecule has 106 valence electrons. The molecule has 20 heavy (non-hydrogen) atoms. The molecule has 0 aliphatic carbocycles. The third kappa shape index (κ3) is 3.41. The van der Waals surface area contributed by atoms with Gasteiger partial charge < -0.3 is 4.74 Å². The molecule has 0 bridgehead atoms. The smallest absolute Gasteiger partial charge is 0.125 e.